The highest BCUT2D eigenvalue weighted by atomic mass is 16.5. The number of carbonyl (C=O) groups excluding carboxylic acids is 1. The van der Waals surface area contributed by atoms with Gasteiger partial charge in [-0.15, -0.1) is 0 Å². The van der Waals surface area contributed by atoms with Crippen LogP contribution in [0.2, 0.25) is 0 Å². The van der Waals surface area contributed by atoms with Crippen LogP contribution < -0.4 is 9.47 Å². The minimum atomic E-state index is 0.263. The van der Waals surface area contributed by atoms with E-state index in [0.717, 1.165) is 16.9 Å². The third-order valence-electron chi connectivity index (χ3n) is 3.79. The van der Waals surface area contributed by atoms with Gasteiger partial charge in [0.1, 0.15) is 11.5 Å². The van der Waals surface area contributed by atoms with Crippen LogP contribution in [0.15, 0.2) is 36.4 Å². The molecule has 0 radical (unpaired) electrons. The minimum Gasteiger partial charge on any atom is -0.496 e. The quantitative estimate of drug-likeness (QED) is 0.778. The van der Waals surface area contributed by atoms with E-state index in [1.807, 2.05) is 32.0 Å². The summed E-state index contributed by atoms with van der Waals surface area (Å²) in [6.45, 7) is 6.60. The molecule has 1 atom stereocenters. The number of benzene rings is 2. The highest BCUT2D eigenvalue weighted by Crippen LogP contribution is 2.30. The first-order chi connectivity index (χ1) is 10.1. The van der Waals surface area contributed by atoms with Crippen LogP contribution in [0.5, 0.6) is 11.5 Å². The number of hydrogen-bond donors (Lipinski definition) is 0. The Morgan fingerprint density at radius 1 is 0.952 bits per heavy atom. The molecule has 0 aromatic heterocycles. The van der Waals surface area contributed by atoms with Crippen molar-refractivity contribution in [2.24, 2.45) is 0 Å². The molecule has 110 valence electrons. The molecule has 1 unspecified atom stereocenters. The van der Waals surface area contributed by atoms with Gasteiger partial charge in [0, 0.05) is 5.92 Å². The van der Waals surface area contributed by atoms with Crippen LogP contribution in [0.1, 0.15) is 35.1 Å². The molecule has 0 amide bonds. The predicted molar refractivity (Wildman–Crippen MR) is 83.1 cm³/mol. The summed E-state index contributed by atoms with van der Waals surface area (Å²) in [6.07, 6.45) is 0. The van der Waals surface area contributed by atoms with E-state index in [9.17, 15) is 4.79 Å². The van der Waals surface area contributed by atoms with E-state index in [-0.39, 0.29) is 5.92 Å². The molecule has 0 aliphatic carbocycles. The van der Waals surface area contributed by atoms with Gasteiger partial charge in [0.05, 0.1) is 7.11 Å². The molecule has 0 heterocycles. The summed E-state index contributed by atoms with van der Waals surface area (Å²) in [7, 11) is 1.68. The zero-order chi connectivity index (χ0) is 15.4. The van der Waals surface area contributed by atoms with Crippen molar-refractivity contribution in [2.75, 3.05) is 7.11 Å². The van der Waals surface area contributed by atoms with Gasteiger partial charge in [-0.05, 0) is 48.2 Å². The molecule has 3 heteroatoms. The van der Waals surface area contributed by atoms with Crippen LogP contribution >= 0.6 is 0 Å². The number of methoxy groups -OCH3 is 1. The highest BCUT2D eigenvalue weighted by Gasteiger charge is 2.12. The highest BCUT2D eigenvalue weighted by molar-refractivity contribution is 5.49. The Morgan fingerprint density at radius 2 is 1.48 bits per heavy atom. The maximum absolute atomic E-state index is 10.4. The van der Waals surface area contributed by atoms with E-state index in [2.05, 4.69) is 25.1 Å². The van der Waals surface area contributed by atoms with Crippen molar-refractivity contribution in [3.8, 4) is 11.5 Å². The molecule has 0 aliphatic rings. The van der Waals surface area contributed by atoms with E-state index in [1.54, 1.807) is 7.11 Å². The van der Waals surface area contributed by atoms with Gasteiger partial charge in [-0.25, -0.2) is 0 Å². The molecular weight excluding hydrogens is 264 g/mol. The smallest absolute Gasteiger partial charge is 0.298 e. The summed E-state index contributed by atoms with van der Waals surface area (Å²) in [5.74, 6) is 1.77. The fraction of sp³-hybridized carbons (Fsp3) is 0.278. The predicted octanol–water partition coefficient (Wildman–Crippen LogP) is 4.00. The summed E-state index contributed by atoms with van der Waals surface area (Å²) < 4.78 is 10.2. The van der Waals surface area contributed by atoms with Gasteiger partial charge in [0.15, 0.2) is 0 Å². The SMILES string of the molecule is COc1ccc(C(C)c2ccc(OC=O)c(C)c2)cc1C. The number of aryl methyl sites for hydroxylation is 2. The second-order valence-corrected chi connectivity index (χ2v) is 5.19. The summed E-state index contributed by atoms with van der Waals surface area (Å²) >= 11 is 0. The van der Waals surface area contributed by atoms with Crippen molar-refractivity contribution in [3.05, 3.63) is 58.7 Å². The van der Waals surface area contributed by atoms with Gasteiger partial charge in [-0.2, -0.15) is 0 Å². The summed E-state index contributed by atoms with van der Waals surface area (Å²) in [5.41, 5.74) is 4.50. The average molecular weight is 284 g/mol. The standard InChI is InChI=1S/C18H20O3/c1-12-9-15(5-7-17(12)20-4)14(3)16-6-8-18(21-11-19)13(2)10-16/h5-11,14H,1-4H3. The van der Waals surface area contributed by atoms with Gasteiger partial charge in [-0.1, -0.05) is 31.2 Å². The van der Waals surface area contributed by atoms with Crippen molar-refractivity contribution in [3.63, 3.8) is 0 Å². The Kier molecular flexibility index (Phi) is 4.63. The lowest BCUT2D eigenvalue weighted by Gasteiger charge is -2.16. The Bertz CT molecular complexity index is 647. The van der Waals surface area contributed by atoms with Gasteiger partial charge in [0.25, 0.3) is 6.47 Å². The normalized spacial score (nSPS) is 11.8. The Labute approximate surface area is 125 Å². The molecule has 0 bridgehead atoms. The van der Waals surface area contributed by atoms with E-state index in [1.165, 1.54) is 11.1 Å². The van der Waals surface area contributed by atoms with Crippen LogP contribution in [0, 0.1) is 13.8 Å². The fourth-order valence-electron chi connectivity index (χ4n) is 2.49. The van der Waals surface area contributed by atoms with Gasteiger partial charge in [0.2, 0.25) is 0 Å². The first kappa shape index (κ1) is 15.1. The van der Waals surface area contributed by atoms with Crippen molar-refractivity contribution in [1.29, 1.82) is 0 Å². The largest absolute Gasteiger partial charge is 0.496 e. The Balaban J connectivity index is 2.31. The molecule has 2 aromatic rings. The van der Waals surface area contributed by atoms with Crippen molar-refractivity contribution < 1.29 is 14.3 Å². The summed E-state index contributed by atoms with van der Waals surface area (Å²) in [5, 5.41) is 0. The molecule has 0 aliphatic heterocycles. The monoisotopic (exact) mass is 284 g/mol. The molecule has 0 saturated carbocycles. The molecule has 0 spiro atoms. The fourth-order valence-corrected chi connectivity index (χ4v) is 2.49. The number of ether oxygens (including phenoxy) is 2. The van der Waals surface area contributed by atoms with E-state index >= 15 is 0 Å². The van der Waals surface area contributed by atoms with Crippen LogP contribution in [-0.4, -0.2) is 13.6 Å². The molecule has 0 saturated heterocycles. The van der Waals surface area contributed by atoms with Crippen molar-refractivity contribution in [1.82, 2.24) is 0 Å². The molecule has 3 nitrogen and oxygen atoms in total. The van der Waals surface area contributed by atoms with E-state index < -0.39 is 0 Å². The molecule has 2 rings (SSSR count). The average Bonchev–Trinajstić information content (AvgIpc) is 2.48. The van der Waals surface area contributed by atoms with Gasteiger partial charge >= 0.3 is 0 Å². The zero-order valence-corrected chi connectivity index (χ0v) is 12.8. The van der Waals surface area contributed by atoms with Gasteiger partial charge in [-0.3, -0.25) is 4.79 Å². The Morgan fingerprint density at radius 3 is 1.90 bits per heavy atom. The molecule has 0 fully saturated rings. The lowest BCUT2D eigenvalue weighted by Crippen LogP contribution is -1.99. The van der Waals surface area contributed by atoms with Crippen LogP contribution in [-0.2, 0) is 4.79 Å². The summed E-state index contributed by atoms with van der Waals surface area (Å²) in [4.78, 5) is 10.4. The van der Waals surface area contributed by atoms with E-state index in [4.69, 9.17) is 9.47 Å². The first-order valence-electron chi connectivity index (χ1n) is 6.92. The minimum absolute atomic E-state index is 0.263. The van der Waals surface area contributed by atoms with Crippen LogP contribution in [0.4, 0.5) is 0 Å². The van der Waals surface area contributed by atoms with Crippen LogP contribution in [0.3, 0.4) is 0 Å². The maximum Gasteiger partial charge on any atom is 0.298 e. The lowest BCUT2D eigenvalue weighted by atomic mass is 9.91. The second kappa shape index (κ2) is 6.44. The van der Waals surface area contributed by atoms with Crippen molar-refractivity contribution >= 4 is 6.47 Å². The molecular formula is C18H20O3. The zero-order valence-electron chi connectivity index (χ0n) is 12.8. The third-order valence-corrected chi connectivity index (χ3v) is 3.79. The lowest BCUT2D eigenvalue weighted by molar-refractivity contribution is -0.120. The first-order valence-corrected chi connectivity index (χ1v) is 6.92. The number of carbonyl (C=O) groups is 1. The topological polar surface area (TPSA) is 35.5 Å². The van der Waals surface area contributed by atoms with Gasteiger partial charge < -0.3 is 9.47 Å². The number of rotatable bonds is 5. The molecule has 21 heavy (non-hydrogen) atoms. The number of hydrogen-bond acceptors (Lipinski definition) is 3. The third kappa shape index (κ3) is 3.24. The van der Waals surface area contributed by atoms with Crippen molar-refractivity contribution in [2.45, 2.75) is 26.7 Å². The summed E-state index contributed by atoms with van der Waals surface area (Å²) in [6, 6.07) is 12.1. The molecule has 0 N–H and O–H groups in total. The maximum atomic E-state index is 10.4. The second-order valence-electron chi connectivity index (χ2n) is 5.19. The molecule has 2 aromatic carbocycles. The Hall–Kier alpha value is -2.29. The van der Waals surface area contributed by atoms with E-state index in [0.29, 0.717) is 12.2 Å². The van der Waals surface area contributed by atoms with Crippen LogP contribution in [0.25, 0.3) is 0 Å².